The van der Waals surface area contributed by atoms with Crippen LogP contribution in [0.3, 0.4) is 0 Å². The third-order valence-electron chi connectivity index (χ3n) is 6.10. The van der Waals surface area contributed by atoms with Crippen LogP contribution < -0.4 is 15.0 Å². The number of esters is 1. The van der Waals surface area contributed by atoms with Gasteiger partial charge < -0.3 is 15.0 Å². The summed E-state index contributed by atoms with van der Waals surface area (Å²) in [6.45, 7) is 1.86. The molecule has 1 N–H and O–H groups in total. The van der Waals surface area contributed by atoms with Crippen LogP contribution in [0.15, 0.2) is 84.9 Å². The second-order valence-electron chi connectivity index (χ2n) is 8.45. The predicted octanol–water partition coefficient (Wildman–Crippen LogP) is 5.80. The van der Waals surface area contributed by atoms with Gasteiger partial charge in [0.05, 0.1) is 6.04 Å². The first-order valence-corrected chi connectivity index (χ1v) is 11.6. The van der Waals surface area contributed by atoms with Crippen LogP contribution in [0.5, 0.6) is 5.75 Å². The molecule has 4 rings (SSSR count). The van der Waals surface area contributed by atoms with Crippen molar-refractivity contribution in [2.45, 2.75) is 38.6 Å². The Kier molecular flexibility index (Phi) is 7.40. The Morgan fingerprint density at radius 3 is 1.94 bits per heavy atom. The number of anilines is 2. The van der Waals surface area contributed by atoms with E-state index in [1.165, 1.54) is 6.92 Å². The zero-order valence-corrected chi connectivity index (χ0v) is 18.9. The molecule has 0 aromatic heterocycles. The molecule has 0 radical (unpaired) electrons. The SMILES string of the molecule is CC(=O)Oc1ccc(C(CNC(=O)C2CCCC2)N(c2ccccc2)c2ccccc2)cc1. The Bertz CT molecular complexity index is 1010. The normalized spacial score (nSPS) is 14.5. The number of amides is 1. The van der Waals surface area contributed by atoms with Crippen LogP contribution in [0.1, 0.15) is 44.2 Å². The predicted molar refractivity (Wildman–Crippen MR) is 130 cm³/mol. The Labute approximate surface area is 195 Å². The van der Waals surface area contributed by atoms with Crippen LogP contribution in [-0.4, -0.2) is 18.4 Å². The highest BCUT2D eigenvalue weighted by molar-refractivity contribution is 5.79. The van der Waals surface area contributed by atoms with Gasteiger partial charge in [-0.05, 0) is 54.8 Å². The minimum Gasteiger partial charge on any atom is -0.427 e. The quantitative estimate of drug-likeness (QED) is 0.354. The van der Waals surface area contributed by atoms with E-state index in [2.05, 4.69) is 34.5 Å². The summed E-state index contributed by atoms with van der Waals surface area (Å²) in [5, 5.41) is 3.22. The molecule has 3 aromatic rings. The van der Waals surface area contributed by atoms with E-state index >= 15 is 0 Å². The summed E-state index contributed by atoms with van der Waals surface area (Å²) >= 11 is 0. The van der Waals surface area contributed by atoms with Crippen LogP contribution in [0.4, 0.5) is 11.4 Å². The lowest BCUT2D eigenvalue weighted by Gasteiger charge is -2.35. The summed E-state index contributed by atoms with van der Waals surface area (Å²) in [5.74, 6) is 0.401. The number of para-hydroxylation sites is 2. The molecule has 0 spiro atoms. The van der Waals surface area contributed by atoms with E-state index in [9.17, 15) is 9.59 Å². The fourth-order valence-electron chi connectivity index (χ4n) is 4.50. The van der Waals surface area contributed by atoms with Crippen molar-refractivity contribution in [1.29, 1.82) is 0 Å². The number of carbonyl (C=O) groups excluding carboxylic acids is 2. The van der Waals surface area contributed by atoms with Crippen LogP contribution in [0.2, 0.25) is 0 Å². The number of nitrogens with zero attached hydrogens (tertiary/aromatic N) is 1. The van der Waals surface area contributed by atoms with Gasteiger partial charge in [-0.25, -0.2) is 0 Å². The van der Waals surface area contributed by atoms with Crippen molar-refractivity contribution in [2.75, 3.05) is 11.4 Å². The molecule has 33 heavy (non-hydrogen) atoms. The molecule has 1 aliphatic rings. The molecule has 1 unspecified atom stereocenters. The molecule has 1 saturated carbocycles. The number of nitrogens with one attached hydrogen (secondary N) is 1. The Morgan fingerprint density at radius 1 is 0.879 bits per heavy atom. The van der Waals surface area contributed by atoms with E-state index < -0.39 is 0 Å². The summed E-state index contributed by atoms with van der Waals surface area (Å²) in [7, 11) is 0. The topological polar surface area (TPSA) is 58.6 Å². The number of hydrogen-bond donors (Lipinski definition) is 1. The average Bonchev–Trinajstić information content (AvgIpc) is 3.38. The molecular weight excluding hydrogens is 412 g/mol. The van der Waals surface area contributed by atoms with Crippen molar-refractivity contribution in [3.63, 3.8) is 0 Å². The van der Waals surface area contributed by atoms with Crippen molar-refractivity contribution < 1.29 is 14.3 Å². The van der Waals surface area contributed by atoms with Crippen LogP contribution in [-0.2, 0) is 9.59 Å². The molecule has 0 heterocycles. The lowest BCUT2D eigenvalue weighted by Crippen LogP contribution is -2.38. The molecular formula is C28H30N2O3. The zero-order valence-electron chi connectivity index (χ0n) is 18.9. The van der Waals surface area contributed by atoms with Gasteiger partial charge in [-0.1, -0.05) is 61.4 Å². The minimum atomic E-state index is -0.349. The molecule has 5 heteroatoms. The van der Waals surface area contributed by atoms with Gasteiger partial charge in [-0.15, -0.1) is 0 Å². The molecule has 1 amide bonds. The van der Waals surface area contributed by atoms with Crippen molar-refractivity contribution in [3.05, 3.63) is 90.5 Å². The molecule has 3 aromatic carbocycles. The molecule has 1 fully saturated rings. The summed E-state index contributed by atoms with van der Waals surface area (Å²) in [4.78, 5) is 26.4. The second kappa shape index (κ2) is 10.8. The first kappa shape index (κ1) is 22.6. The van der Waals surface area contributed by atoms with Gasteiger partial charge in [0.15, 0.2) is 0 Å². The third kappa shape index (κ3) is 5.80. The van der Waals surface area contributed by atoms with Gasteiger partial charge in [-0.2, -0.15) is 0 Å². The molecule has 1 aliphatic carbocycles. The first-order valence-electron chi connectivity index (χ1n) is 11.6. The molecule has 1 atom stereocenters. The maximum absolute atomic E-state index is 12.9. The average molecular weight is 443 g/mol. The van der Waals surface area contributed by atoms with E-state index in [1.807, 2.05) is 48.5 Å². The van der Waals surface area contributed by atoms with E-state index in [0.717, 1.165) is 42.6 Å². The third-order valence-corrected chi connectivity index (χ3v) is 6.10. The molecule has 0 bridgehead atoms. The lowest BCUT2D eigenvalue weighted by atomic mass is 10.0. The van der Waals surface area contributed by atoms with Crippen LogP contribution >= 0.6 is 0 Å². The van der Waals surface area contributed by atoms with Gasteiger partial charge in [0.1, 0.15) is 5.75 Å². The monoisotopic (exact) mass is 442 g/mol. The van der Waals surface area contributed by atoms with Crippen LogP contribution in [0, 0.1) is 5.92 Å². The van der Waals surface area contributed by atoms with Gasteiger partial charge >= 0.3 is 5.97 Å². The van der Waals surface area contributed by atoms with Crippen molar-refractivity contribution in [1.82, 2.24) is 5.32 Å². The van der Waals surface area contributed by atoms with Gasteiger partial charge in [0, 0.05) is 30.8 Å². The van der Waals surface area contributed by atoms with Crippen molar-refractivity contribution in [3.8, 4) is 5.75 Å². The number of carbonyl (C=O) groups is 2. The highest BCUT2D eigenvalue weighted by Gasteiger charge is 2.27. The maximum atomic E-state index is 12.9. The molecule has 0 saturated heterocycles. The zero-order chi connectivity index (χ0) is 23.0. The minimum absolute atomic E-state index is 0.110. The molecule has 170 valence electrons. The Morgan fingerprint density at radius 2 is 1.42 bits per heavy atom. The van der Waals surface area contributed by atoms with E-state index in [1.54, 1.807) is 12.1 Å². The fourth-order valence-corrected chi connectivity index (χ4v) is 4.50. The van der Waals surface area contributed by atoms with Crippen molar-refractivity contribution >= 4 is 23.3 Å². The molecule has 5 nitrogen and oxygen atoms in total. The number of hydrogen-bond acceptors (Lipinski definition) is 4. The van der Waals surface area contributed by atoms with Gasteiger partial charge in [0.2, 0.25) is 5.91 Å². The smallest absolute Gasteiger partial charge is 0.308 e. The summed E-state index contributed by atoms with van der Waals surface area (Å²) in [6, 6.07) is 27.7. The first-order chi connectivity index (χ1) is 16.1. The number of ether oxygens (including phenoxy) is 1. The highest BCUT2D eigenvalue weighted by atomic mass is 16.5. The second-order valence-corrected chi connectivity index (χ2v) is 8.45. The number of benzene rings is 3. The molecule has 0 aliphatic heterocycles. The highest BCUT2D eigenvalue weighted by Crippen LogP contribution is 2.35. The fraction of sp³-hybridized carbons (Fsp3) is 0.286. The standard InChI is InChI=1S/C28H30N2O3/c1-21(31)33-26-18-16-22(17-19-26)27(20-29-28(32)23-10-8-9-11-23)30(24-12-4-2-5-13-24)25-14-6-3-7-15-25/h2-7,12-19,23,27H,8-11,20H2,1H3,(H,29,32). The van der Waals surface area contributed by atoms with Crippen LogP contribution in [0.25, 0.3) is 0 Å². The summed E-state index contributed by atoms with van der Waals surface area (Å²) in [5.41, 5.74) is 3.09. The van der Waals surface area contributed by atoms with E-state index in [-0.39, 0.29) is 23.8 Å². The van der Waals surface area contributed by atoms with E-state index in [4.69, 9.17) is 4.74 Å². The number of rotatable bonds is 8. The van der Waals surface area contributed by atoms with Gasteiger partial charge in [0.25, 0.3) is 0 Å². The Balaban J connectivity index is 1.69. The summed E-state index contributed by atoms with van der Waals surface area (Å²) < 4.78 is 5.22. The largest absolute Gasteiger partial charge is 0.427 e. The van der Waals surface area contributed by atoms with E-state index in [0.29, 0.717) is 12.3 Å². The van der Waals surface area contributed by atoms with Gasteiger partial charge in [-0.3, -0.25) is 9.59 Å². The Hall–Kier alpha value is -3.60. The van der Waals surface area contributed by atoms with Crippen molar-refractivity contribution in [2.24, 2.45) is 5.92 Å². The maximum Gasteiger partial charge on any atom is 0.308 e. The summed E-state index contributed by atoms with van der Waals surface area (Å²) in [6.07, 6.45) is 4.18. The lowest BCUT2D eigenvalue weighted by molar-refractivity contribution is -0.132.